The Morgan fingerprint density at radius 2 is 1.00 bits per heavy atom. The van der Waals surface area contributed by atoms with Crippen LogP contribution in [-0.2, 0) is 21.7 Å². The zero-order chi connectivity index (χ0) is 39.7. The molecule has 0 unspecified atom stereocenters. The number of methoxy groups -OCH3 is 1. The third-order valence-corrected chi connectivity index (χ3v) is 13.7. The summed E-state index contributed by atoms with van der Waals surface area (Å²) in [4.78, 5) is 9.66. The van der Waals surface area contributed by atoms with Crippen molar-refractivity contribution in [1.29, 1.82) is 0 Å². The Bertz CT molecular complexity index is 2900. The van der Waals surface area contributed by atoms with Crippen LogP contribution in [0.2, 0.25) is 0 Å². The van der Waals surface area contributed by atoms with E-state index < -0.39 is 0 Å². The summed E-state index contributed by atoms with van der Waals surface area (Å²) in [7, 11) is 1.72. The monoisotopic (exact) mass is 922 g/mol. The molecule has 8 aromatic rings. The van der Waals surface area contributed by atoms with E-state index in [4.69, 9.17) is 14.7 Å². The number of ether oxygens (including phenoxy) is 1. The van der Waals surface area contributed by atoms with E-state index in [1.165, 1.54) is 60.8 Å². The molecule has 0 saturated heterocycles. The highest BCUT2D eigenvalue weighted by molar-refractivity contribution is 9.69. The van der Waals surface area contributed by atoms with Gasteiger partial charge in [-0.1, -0.05) is 79.7 Å². The average molecular weight is 925 g/mol. The van der Waals surface area contributed by atoms with E-state index in [2.05, 4.69) is 174 Å². The number of phenolic OH excluding ortho intramolecular Hbond substituents is 1. The molecule has 1 N–H and O–H groups in total. The molecule has 6 nitrogen and oxygen atoms in total. The molecule has 0 saturated carbocycles. The van der Waals surface area contributed by atoms with Gasteiger partial charge in [-0.2, -0.15) is 0 Å². The summed E-state index contributed by atoms with van der Waals surface area (Å²) in [6.07, 6.45) is 4.09. The normalized spacial score (nSPS) is 16.8. The maximum Gasteiger partial charge on any atom is 0.369 e. The first kappa shape index (κ1) is 38.3. The van der Waals surface area contributed by atoms with Gasteiger partial charge in [0.25, 0.3) is 0 Å². The topological polar surface area (TPSA) is 64.1 Å². The third-order valence-electron chi connectivity index (χ3n) is 13.7. The van der Waals surface area contributed by atoms with Crippen LogP contribution in [0.3, 0.4) is 0 Å². The summed E-state index contributed by atoms with van der Waals surface area (Å²) in [6.45, 7) is 23.0. The number of fused-ring (bicyclic) bond motifs is 6. The molecule has 282 valence electrons. The number of imidazole rings is 2. The van der Waals surface area contributed by atoms with Gasteiger partial charge in [0.15, 0.2) is 0 Å². The van der Waals surface area contributed by atoms with Gasteiger partial charge in [-0.3, -0.25) is 8.80 Å². The predicted molar refractivity (Wildman–Crippen MR) is 243 cm³/mol. The molecule has 55 heavy (non-hydrogen) atoms. The molecular weight excluding hydrogens is 879 g/mol. The molecule has 4 aromatic heterocycles. The summed E-state index contributed by atoms with van der Waals surface area (Å²) < 4.78 is 10.5. The molecule has 0 aliphatic carbocycles. The zero-order valence-corrected chi connectivity index (χ0v) is 38.0. The van der Waals surface area contributed by atoms with E-state index >= 15 is 0 Å². The number of pyridine rings is 2. The molecule has 0 spiro atoms. The standard InChI is InChI=1S/C23H24N2O.C22H22N2O.BBr3/c1-13-7-10-17-20-19(13)15-9-8-14(26-6)11-16(15)21-24-12-18(25(20)21)23(4,5)22(17,2)3;1-12-6-9-16-19-18(12)14-8-7-13(25)10-15(14)20-23-11-17(24(19)20)22(4,5)21(16,2)3;2-1(3)4/h7-12H,1-6H3;6-11,25H,1-5H3;. The molecule has 2 aliphatic heterocycles. The quantitative estimate of drug-likeness (QED) is 0.132. The summed E-state index contributed by atoms with van der Waals surface area (Å²) in [5, 5.41) is 17.2. The number of nitrogens with zero attached hydrogens (tertiary/aromatic N) is 4. The Labute approximate surface area is 347 Å². The first-order chi connectivity index (χ1) is 25.8. The van der Waals surface area contributed by atoms with Gasteiger partial charge in [0, 0.05) is 67.0 Å². The van der Waals surface area contributed by atoms with Crippen molar-refractivity contribution in [3.63, 3.8) is 0 Å². The van der Waals surface area contributed by atoms with Crippen molar-refractivity contribution in [3.8, 4) is 11.5 Å². The van der Waals surface area contributed by atoms with Gasteiger partial charge < -0.3 is 9.84 Å². The van der Waals surface area contributed by atoms with E-state index in [1.54, 1.807) is 13.2 Å². The van der Waals surface area contributed by atoms with Gasteiger partial charge in [0.2, 0.25) is 0 Å². The fraction of sp³-hybridized carbons (Fsp3) is 0.333. The van der Waals surface area contributed by atoms with Crippen molar-refractivity contribution in [1.82, 2.24) is 18.8 Å². The minimum absolute atomic E-state index is 0.00743. The minimum atomic E-state index is -0.0495. The van der Waals surface area contributed by atoms with Crippen LogP contribution < -0.4 is 4.74 Å². The highest BCUT2D eigenvalue weighted by Gasteiger charge is 2.47. The lowest BCUT2D eigenvalue weighted by Crippen LogP contribution is -2.44. The van der Waals surface area contributed by atoms with Crippen molar-refractivity contribution < 1.29 is 9.84 Å². The smallest absolute Gasteiger partial charge is 0.369 e. The van der Waals surface area contributed by atoms with Crippen LogP contribution in [0.4, 0.5) is 0 Å². The summed E-state index contributed by atoms with van der Waals surface area (Å²) in [5.74, 6) is 1.15. The Kier molecular flexibility index (Phi) is 8.84. The molecule has 6 heterocycles. The average Bonchev–Trinajstić information content (AvgIpc) is 3.78. The lowest BCUT2D eigenvalue weighted by atomic mass is 9.60. The molecule has 10 rings (SSSR count). The van der Waals surface area contributed by atoms with Crippen LogP contribution in [0.15, 0.2) is 73.1 Å². The number of hydrogen-bond donors (Lipinski definition) is 1. The fourth-order valence-electron chi connectivity index (χ4n) is 9.26. The van der Waals surface area contributed by atoms with Crippen LogP contribution in [-0.4, -0.2) is 34.2 Å². The van der Waals surface area contributed by atoms with E-state index in [-0.39, 0.29) is 30.6 Å². The highest BCUT2D eigenvalue weighted by atomic mass is 79.9. The molecular formula is C45H46BBr3N4O2. The van der Waals surface area contributed by atoms with Gasteiger partial charge in [0.05, 0.1) is 18.1 Å². The van der Waals surface area contributed by atoms with Crippen LogP contribution in [0.1, 0.15) is 89.0 Å². The number of rotatable bonds is 1. The molecule has 0 atom stereocenters. The Balaban J connectivity index is 0.000000142. The van der Waals surface area contributed by atoms with Crippen molar-refractivity contribution in [2.75, 3.05) is 7.11 Å². The zero-order valence-electron chi connectivity index (χ0n) is 33.3. The maximum atomic E-state index is 10.1. The molecule has 4 aromatic carbocycles. The number of phenols is 1. The van der Waals surface area contributed by atoms with Crippen LogP contribution in [0, 0.1) is 13.8 Å². The second kappa shape index (κ2) is 12.7. The summed E-state index contributed by atoms with van der Waals surface area (Å²) in [6, 6.07) is 21.1. The maximum absolute atomic E-state index is 10.1. The van der Waals surface area contributed by atoms with Gasteiger partial charge in [0.1, 0.15) is 22.8 Å². The van der Waals surface area contributed by atoms with Crippen molar-refractivity contribution in [2.45, 2.75) is 90.9 Å². The Morgan fingerprint density at radius 3 is 1.44 bits per heavy atom. The number of aryl methyl sites for hydroxylation is 2. The van der Waals surface area contributed by atoms with Gasteiger partial charge >= 0.3 is 3.18 Å². The number of aromatic nitrogens is 4. The molecule has 0 fully saturated rings. The minimum Gasteiger partial charge on any atom is -0.508 e. The van der Waals surface area contributed by atoms with Crippen molar-refractivity contribution in [2.24, 2.45) is 0 Å². The third kappa shape index (κ3) is 5.22. The lowest BCUT2D eigenvalue weighted by Gasteiger charge is -2.46. The fourth-order valence-corrected chi connectivity index (χ4v) is 9.26. The lowest BCUT2D eigenvalue weighted by molar-refractivity contribution is 0.288. The molecule has 10 heteroatoms. The molecule has 0 bridgehead atoms. The van der Waals surface area contributed by atoms with Crippen LogP contribution in [0.5, 0.6) is 11.5 Å². The van der Waals surface area contributed by atoms with Crippen LogP contribution in [0.25, 0.3) is 54.6 Å². The first-order valence-electron chi connectivity index (χ1n) is 18.7. The number of benzene rings is 4. The largest absolute Gasteiger partial charge is 0.508 e. The second-order valence-corrected chi connectivity index (χ2v) is 23.7. The molecule has 0 amide bonds. The van der Waals surface area contributed by atoms with Crippen molar-refractivity contribution >= 4 is 105 Å². The van der Waals surface area contributed by atoms with E-state index in [0.717, 1.165) is 33.2 Å². The number of hydrogen-bond acceptors (Lipinski definition) is 4. The van der Waals surface area contributed by atoms with Crippen LogP contribution >= 0.6 is 47.3 Å². The Morgan fingerprint density at radius 1 is 0.582 bits per heavy atom. The van der Waals surface area contributed by atoms with E-state index in [1.807, 2.05) is 18.3 Å². The molecule has 0 radical (unpaired) electrons. The highest BCUT2D eigenvalue weighted by Crippen LogP contribution is 2.53. The number of halogens is 3. The number of aromatic hydroxyl groups is 1. The second-order valence-electron chi connectivity index (χ2n) is 17.3. The summed E-state index contributed by atoms with van der Waals surface area (Å²) >= 11 is 9.31. The van der Waals surface area contributed by atoms with E-state index in [0.29, 0.717) is 0 Å². The van der Waals surface area contributed by atoms with Gasteiger partial charge in [-0.15, -0.1) is 47.3 Å². The van der Waals surface area contributed by atoms with Gasteiger partial charge in [-0.25, -0.2) is 9.97 Å². The van der Waals surface area contributed by atoms with Gasteiger partial charge in [-0.05, 0) is 83.3 Å². The Hall–Kier alpha value is -3.60. The summed E-state index contributed by atoms with van der Waals surface area (Å²) in [5.41, 5.74) is 12.3. The predicted octanol–water partition coefficient (Wildman–Crippen LogP) is 12.9. The SMILES string of the molecule is BrB(Br)Br.COc1ccc2c(c1)c1ncc3n1c1c(ccc(C)c21)C(C)(C)C3(C)C.Cc1ccc2c3c1c1ccc(O)cc1c1ncc(n13)C(C)(C)C2(C)C. The molecule has 2 aliphatic rings. The first-order valence-corrected chi connectivity index (χ1v) is 21.4. The van der Waals surface area contributed by atoms with Crippen molar-refractivity contribution in [3.05, 3.63) is 107 Å². The van der Waals surface area contributed by atoms with E-state index in [9.17, 15) is 5.11 Å².